The molecular formula is C16H12F10N2O4. The van der Waals surface area contributed by atoms with Crippen molar-refractivity contribution in [1.82, 2.24) is 4.98 Å². The molecule has 0 aromatic carbocycles. The maximum absolute atomic E-state index is 14.2. The lowest BCUT2D eigenvalue weighted by atomic mass is 9.96. The molecule has 16 heteroatoms. The summed E-state index contributed by atoms with van der Waals surface area (Å²) in [6.07, 6.45) is -12.8. The standard InChI is InChI=1S/C16H12F10N2O4/c1-31-11(29)6-8(27-5-3-4-5)7(12(30)32-2)10(14(19,20)16(24,25)26)28-9(6)13(17,18)15(21,22)23/h5H,3-4H2,1-2H3,(H,27,28). The predicted molar refractivity (Wildman–Crippen MR) is 83.5 cm³/mol. The average molecular weight is 486 g/mol. The molecule has 1 aromatic rings. The summed E-state index contributed by atoms with van der Waals surface area (Å²) in [6.45, 7) is 0. The highest BCUT2D eigenvalue weighted by Crippen LogP contribution is 2.51. The Morgan fingerprint density at radius 3 is 1.38 bits per heavy atom. The van der Waals surface area contributed by atoms with E-state index in [1.54, 1.807) is 0 Å². The minimum Gasteiger partial charge on any atom is -0.465 e. The van der Waals surface area contributed by atoms with Gasteiger partial charge in [-0.2, -0.15) is 43.9 Å². The highest BCUT2D eigenvalue weighted by molar-refractivity contribution is 6.06. The molecule has 0 saturated heterocycles. The number of methoxy groups -OCH3 is 2. The highest BCUT2D eigenvalue weighted by Gasteiger charge is 2.66. The van der Waals surface area contributed by atoms with E-state index in [4.69, 9.17) is 0 Å². The van der Waals surface area contributed by atoms with Gasteiger partial charge in [0.25, 0.3) is 0 Å². The molecular weight excluding hydrogens is 474 g/mol. The largest absolute Gasteiger partial charge is 0.465 e. The monoisotopic (exact) mass is 486 g/mol. The number of nitrogens with zero attached hydrogens (tertiary/aromatic N) is 1. The fourth-order valence-corrected chi connectivity index (χ4v) is 2.49. The topological polar surface area (TPSA) is 77.5 Å². The zero-order chi connectivity index (χ0) is 24.9. The minimum absolute atomic E-state index is 0.166. The minimum atomic E-state index is -6.57. The summed E-state index contributed by atoms with van der Waals surface area (Å²) in [5, 5.41) is 2.07. The van der Waals surface area contributed by atoms with Crippen LogP contribution in [0.1, 0.15) is 44.9 Å². The molecule has 1 aliphatic carbocycles. The maximum atomic E-state index is 14.2. The highest BCUT2D eigenvalue weighted by atomic mass is 19.4. The van der Waals surface area contributed by atoms with Crippen LogP contribution >= 0.6 is 0 Å². The fourth-order valence-electron chi connectivity index (χ4n) is 2.49. The Kier molecular flexibility index (Phi) is 6.33. The Labute approximate surface area is 171 Å². The smallest absolute Gasteiger partial charge is 0.459 e. The summed E-state index contributed by atoms with van der Waals surface area (Å²) < 4.78 is 143. The van der Waals surface area contributed by atoms with Crippen LogP contribution in [0.5, 0.6) is 0 Å². The summed E-state index contributed by atoms with van der Waals surface area (Å²) in [6, 6.07) is -0.844. The van der Waals surface area contributed by atoms with Crippen LogP contribution in [0.4, 0.5) is 49.6 Å². The summed E-state index contributed by atoms with van der Waals surface area (Å²) in [7, 11) is 1.02. The van der Waals surface area contributed by atoms with Crippen LogP contribution in [0.15, 0.2) is 0 Å². The van der Waals surface area contributed by atoms with Gasteiger partial charge < -0.3 is 14.8 Å². The van der Waals surface area contributed by atoms with E-state index in [1.807, 2.05) is 0 Å². The van der Waals surface area contributed by atoms with Crippen LogP contribution in [0.2, 0.25) is 0 Å². The first-order valence-corrected chi connectivity index (χ1v) is 8.33. The first-order chi connectivity index (χ1) is 14.4. The first kappa shape index (κ1) is 25.5. The number of aromatic nitrogens is 1. The molecule has 0 spiro atoms. The van der Waals surface area contributed by atoms with Crippen molar-refractivity contribution in [1.29, 1.82) is 0 Å². The van der Waals surface area contributed by atoms with Crippen molar-refractivity contribution in [2.75, 3.05) is 19.5 Å². The van der Waals surface area contributed by atoms with E-state index >= 15 is 0 Å². The van der Waals surface area contributed by atoms with Crippen LogP contribution in [0, 0.1) is 0 Å². The van der Waals surface area contributed by atoms with Crippen molar-refractivity contribution >= 4 is 17.6 Å². The number of esters is 2. The Morgan fingerprint density at radius 2 is 1.12 bits per heavy atom. The van der Waals surface area contributed by atoms with Gasteiger partial charge in [0.05, 0.1) is 19.9 Å². The molecule has 2 rings (SSSR count). The number of carbonyl (C=O) groups excluding carboxylic acids is 2. The molecule has 0 amide bonds. The number of alkyl halides is 10. The number of halogens is 10. The summed E-state index contributed by atoms with van der Waals surface area (Å²) in [5.41, 5.74) is -10.8. The SMILES string of the molecule is COC(=O)c1c(C(F)(F)C(F)(F)F)nc(C(F)(F)C(F)(F)F)c(C(=O)OC)c1NC1CC1. The molecule has 1 heterocycles. The third-order valence-electron chi connectivity index (χ3n) is 4.21. The van der Waals surface area contributed by atoms with Gasteiger partial charge in [-0.1, -0.05) is 0 Å². The van der Waals surface area contributed by atoms with Gasteiger partial charge in [0.1, 0.15) is 22.5 Å². The van der Waals surface area contributed by atoms with Gasteiger partial charge in [-0.25, -0.2) is 14.6 Å². The molecule has 6 nitrogen and oxygen atoms in total. The molecule has 1 saturated carbocycles. The van der Waals surface area contributed by atoms with Gasteiger partial charge in [0.2, 0.25) is 0 Å². The van der Waals surface area contributed by atoms with Gasteiger partial charge in [-0.05, 0) is 12.8 Å². The number of ether oxygens (including phenoxy) is 2. The summed E-state index contributed by atoms with van der Waals surface area (Å²) >= 11 is 0. The van der Waals surface area contributed by atoms with Crippen LogP contribution in [0.3, 0.4) is 0 Å². The maximum Gasteiger partial charge on any atom is 0.459 e. The van der Waals surface area contributed by atoms with E-state index in [-0.39, 0.29) is 12.8 Å². The van der Waals surface area contributed by atoms with E-state index in [0.717, 1.165) is 0 Å². The summed E-state index contributed by atoms with van der Waals surface area (Å²) in [4.78, 5) is 26.4. The Bertz CT molecular complexity index is 859. The van der Waals surface area contributed by atoms with Gasteiger partial charge >= 0.3 is 36.1 Å². The second kappa shape index (κ2) is 7.95. The zero-order valence-electron chi connectivity index (χ0n) is 15.9. The molecule has 180 valence electrons. The first-order valence-electron chi connectivity index (χ1n) is 8.33. The average Bonchev–Trinajstić information content (AvgIpc) is 3.47. The van der Waals surface area contributed by atoms with Crippen LogP contribution in [-0.4, -0.2) is 49.5 Å². The molecule has 1 N–H and O–H groups in total. The molecule has 32 heavy (non-hydrogen) atoms. The van der Waals surface area contributed by atoms with Crippen LogP contribution in [0.25, 0.3) is 0 Å². The summed E-state index contributed by atoms with van der Waals surface area (Å²) in [5.74, 6) is -16.4. The molecule has 0 unspecified atom stereocenters. The number of anilines is 1. The third-order valence-corrected chi connectivity index (χ3v) is 4.21. The van der Waals surface area contributed by atoms with Gasteiger partial charge in [-0.15, -0.1) is 0 Å². The molecule has 1 aromatic heterocycles. The van der Waals surface area contributed by atoms with Gasteiger partial charge in [0.15, 0.2) is 0 Å². The fraction of sp³-hybridized carbons (Fsp3) is 0.562. The van der Waals surface area contributed by atoms with Gasteiger partial charge in [0, 0.05) is 6.04 Å². The Morgan fingerprint density at radius 1 is 0.781 bits per heavy atom. The quantitative estimate of drug-likeness (QED) is 0.470. The Balaban J connectivity index is 3.13. The molecule has 0 atom stereocenters. The number of carbonyl (C=O) groups is 2. The van der Waals surface area contributed by atoms with E-state index < -0.39 is 70.4 Å². The molecule has 0 aliphatic heterocycles. The zero-order valence-corrected chi connectivity index (χ0v) is 15.9. The lowest BCUT2D eigenvalue weighted by molar-refractivity contribution is -0.295. The lowest BCUT2D eigenvalue weighted by Crippen LogP contribution is -2.41. The van der Waals surface area contributed by atoms with Crippen molar-refractivity contribution in [3.05, 3.63) is 22.5 Å². The third kappa shape index (κ3) is 4.26. The van der Waals surface area contributed by atoms with E-state index in [2.05, 4.69) is 19.8 Å². The van der Waals surface area contributed by atoms with Gasteiger partial charge in [-0.3, -0.25) is 0 Å². The molecule has 1 fully saturated rings. The molecule has 0 radical (unpaired) electrons. The number of nitrogens with one attached hydrogen (secondary N) is 1. The number of hydrogen-bond donors (Lipinski definition) is 1. The van der Waals surface area contributed by atoms with Crippen LogP contribution in [-0.2, 0) is 21.3 Å². The van der Waals surface area contributed by atoms with E-state index in [9.17, 15) is 53.5 Å². The lowest BCUT2D eigenvalue weighted by Gasteiger charge is -2.28. The van der Waals surface area contributed by atoms with Crippen LogP contribution < -0.4 is 5.32 Å². The molecule has 1 aliphatic rings. The van der Waals surface area contributed by atoms with Crippen molar-refractivity contribution < 1.29 is 63.0 Å². The van der Waals surface area contributed by atoms with Crippen molar-refractivity contribution in [2.45, 2.75) is 43.1 Å². The van der Waals surface area contributed by atoms with E-state index in [1.165, 1.54) is 0 Å². The van der Waals surface area contributed by atoms with Crippen molar-refractivity contribution in [2.24, 2.45) is 0 Å². The second-order valence-corrected chi connectivity index (χ2v) is 6.48. The number of hydrogen-bond acceptors (Lipinski definition) is 6. The number of rotatable bonds is 6. The Hall–Kier alpha value is -2.81. The predicted octanol–water partition coefficient (Wildman–Crippen LogP) is 4.54. The number of pyridine rings is 1. The van der Waals surface area contributed by atoms with Crippen molar-refractivity contribution in [3.8, 4) is 0 Å². The second-order valence-electron chi connectivity index (χ2n) is 6.48. The van der Waals surface area contributed by atoms with E-state index in [0.29, 0.717) is 14.2 Å². The normalized spacial score (nSPS) is 15.4. The molecule has 0 bridgehead atoms. The van der Waals surface area contributed by atoms with Crippen molar-refractivity contribution in [3.63, 3.8) is 0 Å².